The minimum atomic E-state index is -0.0824. The first-order valence-corrected chi connectivity index (χ1v) is 6.16. The van der Waals surface area contributed by atoms with Gasteiger partial charge in [-0.25, -0.2) is 0 Å². The number of ether oxygens (including phenoxy) is 1. The Morgan fingerprint density at radius 3 is 2.72 bits per heavy atom. The summed E-state index contributed by atoms with van der Waals surface area (Å²) < 4.78 is 5.64. The topological polar surface area (TPSA) is 58.6 Å². The molecular weight excluding hydrogens is 230 g/mol. The minimum absolute atomic E-state index is 0.0358. The Morgan fingerprint density at radius 1 is 1.44 bits per heavy atom. The molecule has 0 unspecified atom stereocenters. The van der Waals surface area contributed by atoms with Crippen molar-refractivity contribution < 1.29 is 14.6 Å². The summed E-state index contributed by atoms with van der Waals surface area (Å²) in [5.41, 5.74) is 1.97. The zero-order valence-corrected chi connectivity index (χ0v) is 11.2. The molecule has 0 fully saturated rings. The van der Waals surface area contributed by atoms with E-state index in [2.05, 4.69) is 5.32 Å². The standard InChI is InChI=1S/C14H21NO3/c1-10(2)18-13-5-4-12(8-11(13)3)9-14(17)15-6-7-16/h4-5,8,10,16H,6-7,9H2,1-3H3,(H,15,17). The number of benzene rings is 1. The van der Waals surface area contributed by atoms with E-state index in [1.807, 2.05) is 39.0 Å². The zero-order valence-electron chi connectivity index (χ0n) is 11.2. The van der Waals surface area contributed by atoms with Crippen LogP contribution in [0.2, 0.25) is 0 Å². The Hall–Kier alpha value is -1.55. The summed E-state index contributed by atoms with van der Waals surface area (Å²) in [6, 6.07) is 5.74. The van der Waals surface area contributed by atoms with Crippen molar-refractivity contribution in [3.8, 4) is 5.75 Å². The minimum Gasteiger partial charge on any atom is -0.491 e. The van der Waals surface area contributed by atoms with E-state index in [9.17, 15) is 4.79 Å². The smallest absolute Gasteiger partial charge is 0.224 e. The van der Waals surface area contributed by atoms with Crippen LogP contribution in [0, 0.1) is 6.92 Å². The predicted octanol–water partition coefficient (Wildman–Crippen LogP) is 1.43. The summed E-state index contributed by atoms with van der Waals surface area (Å²) in [4.78, 5) is 11.5. The predicted molar refractivity (Wildman–Crippen MR) is 70.7 cm³/mol. The number of nitrogens with one attached hydrogen (secondary N) is 1. The van der Waals surface area contributed by atoms with Crippen LogP contribution in [0.15, 0.2) is 18.2 Å². The average molecular weight is 251 g/mol. The van der Waals surface area contributed by atoms with E-state index in [1.54, 1.807) is 0 Å². The third-order valence-electron chi connectivity index (χ3n) is 2.40. The van der Waals surface area contributed by atoms with Crippen molar-refractivity contribution in [1.82, 2.24) is 5.32 Å². The van der Waals surface area contributed by atoms with Gasteiger partial charge >= 0.3 is 0 Å². The Kier molecular flexibility index (Phi) is 5.65. The summed E-state index contributed by atoms with van der Waals surface area (Å²) in [6.07, 6.45) is 0.463. The number of carbonyl (C=O) groups excluding carboxylic acids is 1. The first kappa shape index (κ1) is 14.5. The molecule has 1 rings (SSSR count). The third kappa shape index (κ3) is 4.75. The van der Waals surface area contributed by atoms with Crippen molar-refractivity contribution in [1.29, 1.82) is 0 Å². The summed E-state index contributed by atoms with van der Waals surface area (Å²) in [7, 11) is 0. The maximum Gasteiger partial charge on any atom is 0.224 e. The summed E-state index contributed by atoms with van der Waals surface area (Å²) in [5.74, 6) is 0.769. The summed E-state index contributed by atoms with van der Waals surface area (Å²) in [6.45, 7) is 6.19. The lowest BCUT2D eigenvalue weighted by Gasteiger charge is -2.13. The van der Waals surface area contributed by atoms with Crippen LogP contribution in [0.3, 0.4) is 0 Å². The molecule has 0 atom stereocenters. The Labute approximate surface area is 108 Å². The first-order chi connectivity index (χ1) is 8.52. The maximum absolute atomic E-state index is 11.5. The Morgan fingerprint density at radius 2 is 2.17 bits per heavy atom. The molecule has 0 radical (unpaired) electrons. The first-order valence-electron chi connectivity index (χ1n) is 6.16. The molecular formula is C14H21NO3. The molecule has 0 aliphatic carbocycles. The number of hydrogen-bond donors (Lipinski definition) is 2. The van der Waals surface area contributed by atoms with Crippen LogP contribution in [0.5, 0.6) is 5.75 Å². The highest BCUT2D eigenvalue weighted by molar-refractivity contribution is 5.78. The van der Waals surface area contributed by atoms with Gasteiger partial charge in [-0.2, -0.15) is 0 Å². The van der Waals surface area contributed by atoms with Gasteiger partial charge in [0.1, 0.15) is 5.75 Å². The highest BCUT2D eigenvalue weighted by atomic mass is 16.5. The van der Waals surface area contributed by atoms with Gasteiger partial charge in [0.2, 0.25) is 5.91 Å². The van der Waals surface area contributed by atoms with Crippen LogP contribution in [-0.4, -0.2) is 30.3 Å². The highest BCUT2D eigenvalue weighted by Crippen LogP contribution is 2.20. The molecule has 100 valence electrons. The molecule has 2 N–H and O–H groups in total. The highest BCUT2D eigenvalue weighted by Gasteiger charge is 2.06. The lowest BCUT2D eigenvalue weighted by molar-refractivity contribution is -0.120. The molecule has 4 heteroatoms. The average Bonchev–Trinajstić information content (AvgIpc) is 2.29. The zero-order chi connectivity index (χ0) is 13.5. The molecule has 0 saturated carbocycles. The van der Waals surface area contributed by atoms with Crippen molar-refractivity contribution in [2.24, 2.45) is 0 Å². The fourth-order valence-electron chi connectivity index (χ4n) is 1.65. The van der Waals surface area contributed by atoms with Gasteiger partial charge in [0, 0.05) is 6.54 Å². The maximum atomic E-state index is 11.5. The van der Waals surface area contributed by atoms with Gasteiger partial charge in [-0.15, -0.1) is 0 Å². The summed E-state index contributed by atoms with van der Waals surface area (Å²) >= 11 is 0. The van der Waals surface area contributed by atoms with Gasteiger partial charge in [0.25, 0.3) is 0 Å². The van der Waals surface area contributed by atoms with Gasteiger partial charge in [0.05, 0.1) is 19.1 Å². The van der Waals surface area contributed by atoms with E-state index >= 15 is 0 Å². The fourth-order valence-corrected chi connectivity index (χ4v) is 1.65. The third-order valence-corrected chi connectivity index (χ3v) is 2.40. The van der Waals surface area contributed by atoms with Crippen molar-refractivity contribution in [2.75, 3.05) is 13.2 Å². The summed E-state index contributed by atoms with van der Waals surface area (Å²) in [5, 5.41) is 11.2. The van der Waals surface area contributed by atoms with Gasteiger partial charge in [0.15, 0.2) is 0 Å². The molecule has 1 aromatic carbocycles. The monoisotopic (exact) mass is 251 g/mol. The second-order valence-corrected chi connectivity index (χ2v) is 4.52. The number of aryl methyl sites for hydroxylation is 1. The largest absolute Gasteiger partial charge is 0.491 e. The van der Waals surface area contributed by atoms with Crippen molar-refractivity contribution >= 4 is 5.91 Å². The van der Waals surface area contributed by atoms with Crippen LogP contribution < -0.4 is 10.1 Å². The molecule has 1 amide bonds. The van der Waals surface area contributed by atoms with Crippen LogP contribution >= 0.6 is 0 Å². The molecule has 0 aliphatic heterocycles. The number of hydrogen-bond acceptors (Lipinski definition) is 3. The van der Waals surface area contributed by atoms with E-state index in [1.165, 1.54) is 0 Å². The van der Waals surface area contributed by atoms with E-state index < -0.39 is 0 Å². The molecule has 0 bridgehead atoms. The second-order valence-electron chi connectivity index (χ2n) is 4.52. The van der Waals surface area contributed by atoms with E-state index in [0.29, 0.717) is 13.0 Å². The number of rotatable bonds is 6. The van der Waals surface area contributed by atoms with Gasteiger partial charge in [-0.05, 0) is 38.0 Å². The normalized spacial score (nSPS) is 10.5. The molecule has 0 aliphatic rings. The lowest BCUT2D eigenvalue weighted by atomic mass is 10.1. The Bertz CT molecular complexity index is 402. The van der Waals surface area contributed by atoms with Crippen LogP contribution in [0.4, 0.5) is 0 Å². The number of aliphatic hydroxyl groups is 1. The molecule has 0 aromatic heterocycles. The Balaban J connectivity index is 2.63. The second kappa shape index (κ2) is 7.01. The van der Waals surface area contributed by atoms with Crippen molar-refractivity contribution in [3.05, 3.63) is 29.3 Å². The molecule has 18 heavy (non-hydrogen) atoms. The SMILES string of the molecule is Cc1cc(CC(=O)NCCO)ccc1OC(C)C. The van der Waals surface area contributed by atoms with Crippen LogP contribution in [0.25, 0.3) is 0 Å². The molecule has 0 saturated heterocycles. The molecule has 4 nitrogen and oxygen atoms in total. The van der Waals surface area contributed by atoms with Gasteiger partial charge < -0.3 is 15.2 Å². The number of aliphatic hydroxyl groups excluding tert-OH is 1. The van der Waals surface area contributed by atoms with E-state index in [4.69, 9.17) is 9.84 Å². The van der Waals surface area contributed by atoms with E-state index in [0.717, 1.165) is 16.9 Å². The quantitative estimate of drug-likeness (QED) is 0.804. The van der Waals surface area contributed by atoms with Crippen LogP contribution in [-0.2, 0) is 11.2 Å². The molecule has 0 spiro atoms. The van der Waals surface area contributed by atoms with Gasteiger partial charge in [-0.3, -0.25) is 4.79 Å². The fraction of sp³-hybridized carbons (Fsp3) is 0.500. The number of amides is 1. The number of carbonyl (C=O) groups is 1. The lowest BCUT2D eigenvalue weighted by Crippen LogP contribution is -2.27. The molecule has 1 aromatic rings. The van der Waals surface area contributed by atoms with Crippen LogP contribution in [0.1, 0.15) is 25.0 Å². The van der Waals surface area contributed by atoms with Crippen molar-refractivity contribution in [2.45, 2.75) is 33.3 Å². The van der Waals surface area contributed by atoms with E-state index in [-0.39, 0.29) is 18.6 Å². The van der Waals surface area contributed by atoms with Gasteiger partial charge in [-0.1, -0.05) is 12.1 Å². The van der Waals surface area contributed by atoms with Crippen molar-refractivity contribution in [3.63, 3.8) is 0 Å². The molecule has 0 heterocycles.